The van der Waals surface area contributed by atoms with Crippen molar-refractivity contribution in [2.45, 2.75) is 19.3 Å². The molecule has 132 valence electrons. The van der Waals surface area contributed by atoms with Crippen LogP contribution in [0.3, 0.4) is 0 Å². The number of hydrogen-bond donors (Lipinski definition) is 2. The van der Waals surface area contributed by atoms with Gasteiger partial charge in [0.05, 0.1) is 6.54 Å². The zero-order valence-electron chi connectivity index (χ0n) is 14.5. The second-order valence-electron chi connectivity index (χ2n) is 6.94. The Morgan fingerprint density at radius 2 is 1.83 bits per heavy atom. The van der Waals surface area contributed by atoms with Gasteiger partial charge in [-0.3, -0.25) is 9.69 Å². The highest BCUT2D eigenvalue weighted by Gasteiger charge is 2.20. The van der Waals surface area contributed by atoms with Crippen LogP contribution in [0.1, 0.15) is 19.3 Å². The average Bonchev–Trinajstić information content (AvgIpc) is 3.44. The fourth-order valence-corrected chi connectivity index (χ4v) is 3.17. The van der Waals surface area contributed by atoms with Crippen LogP contribution in [-0.4, -0.2) is 63.2 Å². The van der Waals surface area contributed by atoms with E-state index >= 15 is 0 Å². The Labute approximate surface area is 145 Å². The van der Waals surface area contributed by atoms with Gasteiger partial charge in [0.1, 0.15) is 0 Å². The molecule has 0 bridgehead atoms. The molecule has 1 heterocycles. The Balaban J connectivity index is 1.22. The molecule has 3 rings (SSSR count). The molecular formula is C19H30N4O. The van der Waals surface area contributed by atoms with Gasteiger partial charge in [0.15, 0.2) is 0 Å². The minimum atomic E-state index is 0.129. The highest BCUT2D eigenvalue weighted by atomic mass is 16.1. The number of nitrogens with one attached hydrogen (secondary N) is 2. The summed E-state index contributed by atoms with van der Waals surface area (Å²) in [6.45, 7) is 7.69. The number of rotatable bonds is 9. The molecule has 1 saturated heterocycles. The molecule has 2 fully saturated rings. The van der Waals surface area contributed by atoms with E-state index in [4.69, 9.17) is 0 Å². The molecule has 1 aromatic rings. The Hall–Kier alpha value is -1.59. The summed E-state index contributed by atoms with van der Waals surface area (Å²) in [6.07, 6.45) is 3.68. The first-order valence-corrected chi connectivity index (χ1v) is 9.31. The molecule has 5 nitrogen and oxygen atoms in total. The maximum absolute atomic E-state index is 11.7. The zero-order valence-corrected chi connectivity index (χ0v) is 14.5. The standard InChI is InChI=1S/C19H30N4O/c24-19(16-20-15-17-7-8-17)21-9-4-10-22-11-13-23(14-12-22)18-5-2-1-3-6-18/h1-3,5-6,17,20H,4,7-16H2,(H,21,24). The number of para-hydroxylation sites is 1. The van der Waals surface area contributed by atoms with Gasteiger partial charge in [0.2, 0.25) is 5.91 Å². The lowest BCUT2D eigenvalue weighted by Crippen LogP contribution is -2.47. The molecule has 0 unspecified atom stereocenters. The van der Waals surface area contributed by atoms with E-state index in [-0.39, 0.29) is 5.91 Å². The summed E-state index contributed by atoms with van der Waals surface area (Å²) >= 11 is 0. The van der Waals surface area contributed by atoms with Crippen molar-refractivity contribution in [1.29, 1.82) is 0 Å². The zero-order chi connectivity index (χ0) is 16.6. The van der Waals surface area contributed by atoms with Gasteiger partial charge in [-0.1, -0.05) is 18.2 Å². The van der Waals surface area contributed by atoms with E-state index in [9.17, 15) is 4.79 Å². The summed E-state index contributed by atoms with van der Waals surface area (Å²) in [5.41, 5.74) is 1.32. The van der Waals surface area contributed by atoms with Gasteiger partial charge in [0.25, 0.3) is 0 Å². The number of nitrogens with zero attached hydrogens (tertiary/aromatic N) is 2. The number of amides is 1. The van der Waals surface area contributed by atoms with Crippen LogP contribution in [0.15, 0.2) is 30.3 Å². The smallest absolute Gasteiger partial charge is 0.233 e. The molecule has 0 radical (unpaired) electrons. The molecule has 0 aromatic heterocycles. The van der Waals surface area contributed by atoms with Crippen LogP contribution in [0.5, 0.6) is 0 Å². The summed E-state index contributed by atoms with van der Waals surface area (Å²) in [7, 11) is 0. The Kier molecular flexibility index (Phi) is 6.49. The van der Waals surface area contributed by atoms with Crippen LogP contribution in [-0.2, 0) is 4.79 Å². The third-order valence-corrected chi connectivity index (χ3v) is 4.88. The predicted molar refractivity (Wildman–Crippen MR) is 98.3 cm³/mol. The largest absolute Gasteiger partial charge is 0.369 e. The highest BCUT2D eigenvalue weighted by molar-refractivity contribution is 5.77. The second kappa shape index (κ2) is 9.04. The molecule has 1 aliphatic carbocycles. The molecule has 24 heavy (non-hydrogen) atoms. The van der Waals surface area contributed by atoms with Gasteiger partial charge in [0, 0.05) is 38.4 Å². The number of carbonyl (C=O) groups is 1. The predicted octanol–water partition coefficient (Wildman–Crippen LogP) is 1.31. The second-order valence-corrected chi connectivity index (χ2v) is 6.94. The molecule has 0 atom stereocenters. The maximum atomic E-state index is 11.7. The third-order valence-electron chi connectivity index (χ3n) is 4.88. The molecule has 5 heteroatoms. The highest BCUT2D eigenvalue weighted by Crippen LogP contribution is 2.27. The number of benzene rings is 1. The van der Waals surface area contributed by atoms with Crippen molar-refractivity contribution in [3.8, 4) is 0 Å². The molecule has 1 saturated carbocycles. The van der Waals surface area contributed by atoms with Crippen LogP contribution in [0, 0.1) is 5.92 Å². The summed E-state index contributed by atoms with van der Waals surface area (Å²) in [6, 6.07) is 10.6. The average molecular weight is 330 g/mol. The van der Waals surface area contributed by atoms with Crippen LogP contribution < -0.4 is 15.5 Å². The summed E-state index contributed by atoms with van der Waals surface area (Å²) in [4.78, 5) is 16.6. The van der Waals surface area contributed by atoms with Gasteiger partial charge in [-0.05, 0) is 50.4 Å². The van der Waals surface area contributed by atoms with Crippen molar-refractivity contribution < 1.29 is 4.79 Å². The number of anilines is 1. The van der Waals surface area contributed by atoms with E-state index in [2.05, 4.69) is 50.8 Å². The van der Waals surface area contributed by atoms with Crippen molar-refractivity contribution in [3.05, 3.63) is 30.3 Å². The lowest BCUT2D eigenvalue weighted by atomic mass is 10.2. The lowest BCUT2D eigenvalue weighted by Gasteiger charge is -2.36. The molecule has 1 aromatic carbocycles. The van der Waals surface area contributed by atoms with Gasteiger partial charge < -0.3 is 15.5 Å². The van der Waals surface area contributed by atoms with Gasteiger partial charge in [-0.2, -0.15) is 0 Å². The number of carbonyl (C=O) groups excluding carboxylic acids is 1. The Morgan fingerprint density at radius 1 is 1.08 bits per heavy atom. The quantitative estimate of drug-likeness (QED) is 0.671. The fraction of sp³-hybridized carbons (Fsp3) is 0.632. The first-order valence-electron chi connectivity index (χ1n) is 9.31. The topological polar surface area (TPSA) is 47.6 Å². The van der Waals surface area contributed by atoms with Gasteiger partial charge in [-0.25, -0.2) is 0 Å². The summed E-state index contributed by atoms with van der Waals surface area (Å²) in [5, 5.41) is 6.24. The monoisotopic (exact) mass is 330 g/mol. The Bertz CT molecular complexity index is 495. The minimum Gasteiger partial charge on any atom is -0.369 e. The first-order chi connectivity index (χ1) is 11.8. The van der Waals surface area contributed by atoms with Gasteiger partial charge in [-0.15, -0.1) is 0 Å². The number of hydrogen-bond acceptors (Lipinski definition) is 4. The lowest BCUT2D eigenvalue weighted by molar-refractivity contribution is -0.120. The van der Waals surface area contributed by atoms with E-state index in [1.54, 1.807) is 0 Å². The van der Waals surface area contributed by atoms with Crippen molar-refractivity contribution in [3.63, 3.8) is 0 Å². The van der Waals surface area contributed by atoms with Crippen LogP contribution in [0.25, 0.3) is 0 Å². The normalized spacial score (nSPS) is 18.6. The van der Waals surface area contributed by atoms with E-state index in [1.807, 2.05) is 0 Å². The van der Waals surface area contributed by atoms with E-state index in [1.165, 1.54) is 18.5 Å². The fourth-order valence-electron chi connectivity index (χ4n) is 3.17. The third kappa shape index (κ3) is 5.80. The van der Waals surface area contributed by atoms with Gasteiger partial charge >= 0.3 is 0 Å². The molecule has 2 aliphatic rings. The van der Waals surface area contributed by atoms with Crippen molar-refractivity contribution in [1.82, 2.24) is 15.5 Å². The van der Waals surface area contributed by atoms with E-state index in [0.29, 0.717) is 6.54 Å². The van der Waals surface area contributed by atoms with Crippen molar-refractivity contribution >= 4 is 11.6 Å². The Morgan fingerprint density at radius 3 is 2.54 bits per heavy atom. The summed E-state index contributed by atoms with van der Waals surface area (Å²) < 4.78 is 0. The molecule has 1 aliphatic heterocycles. The molecule has 1 amide bonds. The molecular weight excluding hydrogens is 300 g/mol. The molecule has 0 spiro atoms. The SMILES string of the molecule is O=C(CNCC1CC1)NCCCN1CCN(c2ccccc2)CC1. The maximum Gasteiger partial charge on any atom is 0.233 e. The van der Waals surface area contributed by atoms with Crippen molar-refractivity contribution in [2.75, 3.05) is 57.3 Å². The van der Waals surface area contributed by atoms with Crippen LogP contribution >= 0.6 is 0 Å². The molecule has 2 N–H and O–H groups in total. The van der Waals surface area contributed by atoms with Crippen LogP contribution in [0.4, 0.5) is 5.69 Å². The number of piperazine rings is 1. The minimum absolute atomic E-state index is 0.129. The van der Waals surface area contributed by atoms with Crippen molar-refractivity contribution in [2.24, 2.45) is 5.92 Å². The first kappa shape index (κ1) is 17.2. The van der Waals surface area contributed by atoms with E-state index < -0.39 is 0 Å². The van der Waals surface area contributed by atoms with E-state index in [0.717, 1.165) is 58.2 Å². The van der Waals surface area contributed by atoms with Crippen LogP contribution in [0.2, 0.25) is 0 Å². The summed E-state index contributed by atoms with van der Waals surface area (Å²) in [5.74, 6) is 0.955.